The smallest absolute Gasteiger partial charge is 0.271 e. The molecule has 0 radical (unpaired) electrons. The first-order chi connectivity index (χ1) is 12.0. The zero-order valence-corrected chi connectivity index (χ0v) is 15.5. The van der Waals surface area contributed by atoms with Gasteiger partial charge in [-0.3, -0.25) is 0 Å². The van der Waals surface area contributed by atoms with Crippen LogP contribution in [0.1, 0.15) is 43.7 Å². The Kier molecular flexibility index (Phi) is 3.18. The Labute approximate surface area is 149 Å². The predicted molar refractivity (Wildman–Crippen MR) is 99.7 cm³/mol. The normalized spacial score (nSPS) is 31.0. The van der Waals surface area contributed by atoms with Crippen LogP contribution in [0.15, 0.2) is 48.5 Å². The highest BCUT2D eigenvalue weighted by molar-refractivity contribution is 7.07. The summed E-state index contributed by atoms with van der Waals surface area (Å²) >= 11 is 0. The van der Waals surface area contributed by atoms with Gasteiger partial charge in [-0.15, -0.1) is 0 Å². The molecule has 4 heteroatoms. The van der Waals surface area contributed by atoms with Crippen LogP contribution in [-0.4, -0.2) is 36.8 Å². The van der Waals surface area contributed by atoms with Crippen LogP contribution in [0.2, 0.25) is 0 Å². The van der Waals surface area contributed by atoms with Crippen LogP contribution in [0, 0.1) is 0 Å². The molecule has 5 rings (SSSR count). The van der Waals surface area contributed by atoms with Crippen molar-refractivity contribution < 1.29 is 14.6 Å². The molecule has 1 aliphatic carbocycles. The van der Waals surface area contributed by atoms with Gasteiger partial charge < -0.3 is 14.6 Å². The topological polar surface area (TPSA) is 49.7 Å². The fourth-order valence-corrected chi connectivity index (χ4v) is 10.3. The maximum Gasteiger partial charge on any atom is 0.271 e. The highest BCUT2D eigenvalue weighted by atomic mass is 28.4. The van der Waals surface area contributed by atoms with Crippen LogP contribution in [0.4, 0.5) is 0 Å². The van der Waals surface area contributed by atoms with Gasteiger partial charge in [-0.05, 0) is 47.2 Å². The lowest BCUT2D eigenvalue weighted by Gasteiger charge is -2.65. The summed E-state index contributed by atoms with van der Waals surface area (Å²) in [4.78, 5) is 0. The summed E-state index contributed by atoms with van der Waals surface area (Å²) in [6, 6.07) is 17.3. The second-order valence-electron chi connectivity index (χ2n) is 8.13. The third kappa shape index (κ3) is 1.91. The van der Waals surface area contributed by atoms with E-state index in [0.717, 1.165) is 12.8 Å². The molecule has 1 atom stereocenters. The summed E-state index contributed by atoms with van der Waals surface area (Å²) in [6.07, 6.45) is 2.53. The largest absolute Gasteiger partial charge is 0.404 e. The summed E-state index contributed by atoms with van der Waals surface area (Å²) in [6.45, 7) is 2.67. The fourth-order valence-electron chi connectivity index (χ4n) is 4.97. The summed E-state index contributed by atoms with van der Waals surface area (Å²) < 4.78 is 6.58. The quantitative estimate of drug-likeness (QED) is 0.777. The van der Waals surface area contributed by atoms with Crippen LogP contribution in [0.3, 0.4) is 0 Å². The van der Waals surface area contributed by atoms with Gasteiger partial charge in [0.15, 0.2) is 0 Å². The molecule has 25 heavy (non-hydrogen) atoms. The lowest BCUT2D eigenvalue weighted by molar-refractivity contribution is 0.0652. The molecule has 2 N–H and O–H groups in total. The number of benzene rings is 2. The molecule has 0 amide bonds. The molecule has 0 spiro atoms. The van der Waals surface area contributed by atoms with E-state index >= 15 is 0 Å². The number of hydrogen-bond donors (Lipinski definition) is 2. The average Bonchev–Trinajstić information content (AvgIpc) is 3.37. The van der Waals surface area contributed by atoms with Gasteiger partial charge in [-0.2, -0.15) is 0 Å². The van der Waals surface area contributed by atoms with Crippen molar-refractivity contribution in [3.05, 3.63) is 59.7 Å². The van der Waals surface area contributed by atoms with Crippen molar-refractivity contribution in [3.8, 4) is 0 Å². The Hall–Kier alpha value is -1.46. The molecule has 2 heterocycles. The first-order valence-electron chi connectivity index (χ1n) is 9.26. The van der Waals surface area contributed by atoms with Crippen molar-refractivity contribution in [2.24, 2.45) is 0 Å². The summed E-state index contributed by atoms with van der Waals surface area (Å²) in [5, 5.41) is 23.1. The van der Waals surface area contributed by atoms with E-state index in [2.05, 4.69) is 55.5 Å². The van der Waals surface area contributed by atoms with Gasteiger partial charge in [0.1, 0.15) is 0 Å². The molecule has 0 saturated heterocycles. The predicted octanol–water partition coefficient (Wildman–Crippen LogP) is 1.60. The maximum atomic E-state index is 10.4. The van der Waals surface area contributed by atoms with Gasteiger partial charge in [0, 0.05) is 5.04 Å². The van der Waals surface area contributed by atoms with Crippen molar-refractivity contribution in [1.82, 2.24) is 0 Å². The minimum atomic E-state index is -2.23. The molecule has 0 aromatic heterocycles. The molecule has 1 fully saturated rings. The van der Waals surface area contributed by atoms with E-state index in [0.29, 0.717) is 19.4 Å². The van der Waals surface area contributed by atoms with E-state index in [1.54, 1.807) is 0 Å². The van der Waals surface area contributed by atoms with Gasteiger partial charge in [-0.1, -0.05) is 55.5 Å². The zero-order valence-electron chi connectivity index (χ0n) is 14.5. The van der Waals surface area contributed by atoms with E-state index < -0.39 is 20.0 Å². The lowest BCUT2D eigenvalue weighted by Crippen LogP contribution is -2.90. The van der Waals surface area contributed by atoms with E-state index in [4.69, 9.17) is 4.43 Å². The van der Waals surface area contributed by atoms with Crippen molar-refractivity contribution in [3.63, 3.8) is 0 Å². The molecular weight excluding hydrogens is 328 g/mol. The second kappa shape index (κ2) is 5.04. The highest BCUT2D eigenvalue weighted by Gasteiger charge is 2.74. The molecule has 130 valence electrons. The molecule has 2 aromatic rings. The highest BCUT2D eigenvalue weighted by Crippen LogP contribution is 2.54. The second-order valence-corrected chi connectivity index (χ2v) is 11.9. The first-order valence-corrected chi connectivity index (χ1v) is 11.2. The van der Waals surface area contributed by atoms with Crippen molar-refractivity contribution >= 4 is 18.7 Å². The SMILES string of the molecule is CC12c3ccccc3[Si]1(OC[C@H](O)CCC1(O)CC1)c1ccccc12. The van der Waals surface area contributed by atoms with Crippen LogP contribution in [0.5, 0.6) is 0 Å². The Morgan fingerprint density at radius 2 is 1.60 bits per heavy atom. The summed E-state index contributed by atoms with van der Waals surface area (Å²) in [5.74, 6) is 0. The van der Waals surface area contributed by atoms with Gasteiger partial charge in [0.2, 0.25) is 0 Å². The molecule has 2 aliphatic heterocycles. The zero-order chi connectivity index (χ0) is 17.3. The van der Waals surface area contributed by atoms with Crippen LogP contribution in [-0.2, 0) is 9.46 Å². The number of rotatable bonds is 6. The minimum absolute atomic E-state index is 0.00853. The molecule has 0 bridgehead atoms. The Morgan fingerprint density at radius 3 is 2.16 bits per heavy atom. The number of fused-ring (bicyclic) bond motifs is 7. The van der Waals surface area contributed by atoms with E-state index in [9.17, 15) is 10.2 Å². The molecule has 3 nitrogen and oxygen atoms in total. The number of aliphatic hydroxyl groups is 2. The third-order valence-corrected chi connectivity index (χ3v) is 11.6. The fraction of sp³-hybridized carbons (Fsp3) is 0.429. The van der Waals surface area contributed by atoms with Crippen LogP contribution >= 0.6 is 0 Å². The lowest BCUT2D eigenvalue weighted by atomic mass is 9.88. The summed E-state index contributed by atoms with van der Waals surface area (Å²) in [7, 11) is -2.23. The number of hydrogen-bond acceptors (Lipinski definition) is 3. The van der Waals surface area contributed by atoms with E-state index in [-0.39, 0.29) is 5.04 Å². The van der Waals surface area contributed by atoms with Crippen LogP contribution < -0.4 is 10.4 Å². The minimum Gasteiger partial charge on any atom is -0.404 e. The Balaban J connectivity index is 1.41. The standard InChI is InChI=1S/C21H24O3Si/c1-20-16-6-2-4-8-18(16)25(20,19-9-5-3-7-17(19)20)24-14-15(22)10-11-21(23)12-13-21/h2-9,15,22-23H,10-14H2,1H3/t15-,20?,25?/m1/s1. The monoisotopic (exact) mass is 352 g/mol. The Morgan fingerprint density at radius 1 is 1.04 bits per heavy atom. The van der Waals surface area contributed by atoms with E-state index in [1.165, 1.54) is 21.5 Å². The van der Waals surface area contributed by atoms with Crippen molar-refractivity contribution in [1.29, 1.82) is 0 Å². The van der Waals surface area contributed by atoms with Crippen molar-refractivity contribution in [2.45, 2.75) is 49.4 Å². The van der Waals surface area contributed by atoms with Gasteiger partial charge in [0.25, 0.3) is 8.32 Å². The molecule has 3 aliphatic rings. The number of aliphatic hydroxyl groups excluding tert-OH is 1. The molecular formula is C21H24O3Si. The van der Waals surface area contributed by atoms with Gasteiger partial charge >= 0.3 is 0 Å². The van der Waals surface area contributed by atoms with Gasteiger partial charge in [-0.25, -0.2) is 0 Å². The Bertz CT molecular complexity index is 795. The van der Waals surface area contributed by atoms with Crippen LogP contribution in [0.25, 0.3) is 0 Å². The first kappa shape index (κ1) is 15.8. The van der Waals surface area contributed by atoms with Crippen molar-refractivity contribution in [2.75, 3.05) is 6.61 Å². The maximum absolute atomic E-state index is 10.4. The average molecular weight is 353 g/mol. The van der Waals surface area contributed by atoms with E-state index in [1.807, 2.05) is 0 Å². The molecule has 0 unspecified atom stereocenters. The third-order valence-electron chi connectivity index (χ3n) is 6.66. The molecule has 2 aromatic carbocycles. The summed E-state index contributed by atoms with van der Waals surface area (Å²) in [5.41, 5.74) is 2.28. The molecule has 1 saturated carbocycles. The van der Waals surface area contributed by atoms with Gasteiger partial charge in [0.05, 0.1) is 18.3 Å².